The van der Waals surface area contributed by atoms with Gasteiger partial charge >= 0.3 is 0 Å². The van der Waals surface area contributed by atoms with Crippen LogP contribution in [0.25, 0.3) is 5.65 Å². The van der Waals surface area contributed by atoms with Gasteiger partial charge in [-0.25, -0.2) is 17.9 Å². The maximum Gasteiger partial charge on any atom is 0.263 e. The number of benzene rings is 1. The second-order valence-electron chi connectivity index (χ2n) is 8.29. The summed E-state index contributed by atoms with van der Waals surface area (Å²) in [4.78, 5) is 19.9. The number of anilines is 1. The van der Waals surface area contributed by atoms with E-state index in [1.54, 1.807) is 38.1 Å². The predicted molar refractivity (Wildman–Crippen MR) is 117 cm³/mol. The summed E-state index contributed by atoms with van der Waals surface area (Å²) in [5.74, 6) is -0.169. The summed E-state index contributed by atoms with van der Waals surface area (Å²) >= 11 is 0. The Morgan fingerprint density at radius 3 is 2.58 bits per heavy atom. The van der Waals surface area contributed by atoms with Crippen LogP contribution in [0.4, 0.5) is 5.69 Å². The first-order chi connectivity index (χ1) is 14.9. The Labute approximate surface area is 181 Å². The molecule has 1 amide bonds. The number of piperidine rings is 1. The SMILES string of the molecule is Cc1cc(C)n2ncc(C(=O)N3CCc4cc(S(=O)(=O)N5CCCCC5)ccc43)c2n1. The van der Waals surface area contributed by atoms with Crippen LogP contribution >= 0.6 is 0 Å². The average Bonchev–Trinajstić information content (AvgIpc) is 3.38. The molecule has 0 unspecified atom stereocenters. The van der Waals surface area contributed by atoms with Crippen molar-refractivity contribution in [2.75, 3.05) is 24.5 Å². The van der Waals surface area contributed by atoms with Crippen LogP contribution in [0.2, 0.25) is 0 Å². The summed E-state index contributed by atoms with van der Waals surface area (Å²) in [5, 5.41) is 4.33. The van der Waals surface area contributed by atoms with Crippen molar-refractivity contribution in [2.24, 2.45) is 0 Å². The summed E-state index contributed by atoms with van der Waals surface area (Å²) in [6.45, 7) is 5.47. The number of rotatable bonds is 3. The van der Waals surface area contributed by atoms with Crippen LogP contribution in [-0.4, -0.2) is 52.9 Å². The van der Waals surface area contributed by atoms with Gasteiger partial charge in [0.05, 0.1) is 11.1 Å². The highest BCUT2D eigenvalue weighted by molar-refractivity contribution is 7.89. The van der Waals surface area contributed by atoms with Crippen LogP contribution in [0, 0.1) is 13.8 Å². The fourth-order valence-corrected chi connectivity index (χ4v) is 6.14. The summed E-state index contributed by atoms with van der Waals surface area (Å²) in [5.41, 5.74) is 4.37. The summed E-state index contributed by atoms with van der Waals surface area (Å²) in [6, 6.07) is 7.03. The molecule has 0 N–H and O–H groups in total. The third-order valence-electron chi connectivity index (χ3n) is 6.15. The van der Waals surface area contributed by atoms with Gasteiger partial charge in [0, 0.05) is 36.7 Å². The molecule has 1 aromatic carbocycles. The van der Waals surface area contributed by atoms with Gasteiger partial charge in [-0.3, -0.25) is 4.79 Å². The van der Waals surface area contributed by atoms with E-state index in [0.717, 1.165) is 41.9 Å². The van der Waals surface area contributed by atoms with E-state index in [-0.39, 0.29) is 5.91 Å². The first-order valence-electron chi connectivity index (χ1n) is 10.6. The average molecular weight is 440 g/mol. The minimum atomic E-state index is -3.50. The molecule has 1 saturated heterocycles. The normalized spacial score (nSPS) is 17.3. The van der Waals surface area contributed by atoms with Gasteiger partial charge in [-0.1, -0.05) is 6.42 Å². The number of hydrogen-bond acceptors (Lipinski definition) is 5. The fourth-order valence-electron chi connectivity index (χ4n) is 4.57. The van der Waals surface area contributed by atoms with Gasteiger partial charge in [0.2, 0.25) is 10.0 Å². The zero-order chi connectivity index (χ0) is 21.8. The molecule has 3 aromatic rings. The zero-order valence-corrected chi connectivity index (χ0v) is 18.5. The molecular weight excluding hydrogens is 414 g/mol. The van der Waals surface area contributed by atoms with Crippen molar-refractivity contribution in [3.8, 4) is 0 Å². The zero-order valence-electron chi connectivity index (χ0n) is 17.7. The molecule has 0 aliphatic carbocycles. The molecule has 0 saturated carbocycles. The van der Waals surface area contributed by atoms with Crippen LogP contribution in [0.15, 0.2) is 35.4 Å². The van der Waals surface area contributed by atoms with Crippen molar-refractivity contribution in [3.63, 3.8) is 0 Å². The third-order valence-corrected chi connectivity index (χ3v) is 8.05. The van der Waals surface area contributed by atoms with E-state index in [9.17, 15) is 13.2 Å². The summed E-state index contributed by atoms with van der Waals surface area (Å²) in [7, 11) is -3.50. The van der Waals surface area contributed by atoms with Crippen LogP contribution in [-0.2, 0) is 16.4 Å². The molecule has 4 heterocycles. The van der Waals surface area contributed by atoms with Gasteiger partial charge in [-0.05, 0) is 62.9 Å². The Bertz CT molecular complexity index is 1290. The Morgan fingerprint density at radius 1 is 1.03 bits per heavy atom. The van der Waals surface area contributed by atoms with E-state index in [4.69, 9.17) is 0 Å². The van der Waals surface area contributed by atoms with Crippen molar-refractivity contribution in [1.29, 1.82) is 0 Å². The molecule has 0 atom stereocenters. The first kappa shape index (κ1) is 20.1. The van der Waals surface area contributed by atoms with Crippen LogP contribution < -0.4 is 4.90 Å². The smallest absolute Gasteiger partial charge is 0.263 e. The molecule has 8 nitrogen and oxygen atoms in total. The van der Waals surface area contributed by atoms with Crippen molar-refractivity contribution in [2.45, 2.75) is 44.4 Å². The first-order valence-corrected chi connectivity index (χ1v) is 12.1. The Kier molecular flexibility index (Phi) is 4.82. The largest absolute Gasteiger partial charge is 0.308 e. The monoisotopic (exact) mass is 439 g/mol. The predicted octanol–water partition coefficient (Wildman–Crippen LogP) is 2.72. The van der Waals surface area contributed by atoms with E-state index >= 15 is 0 Å². The maximum atomic E-state index is 13.3. The van der Waals surface area contributed by atoms with E-state index < -0.39 is 10.0 Å². The lowest BCUT2D eigenvalue weighted by molar-refractivity contribution is 0.0990. The number of aryl methyl sites for hydroxylation is 2. The number of sulfonamides is 1. The second kappa shape index (κ2) is 7.42. The Balaban J connectivity index is 1.47. The summed E-state index contributed by atoms with van der Waals surface area (Å²) < 4.78 is 29.3. The van der Waals surface area contributed by atoms with Crippen LogP contribution in [0.3, 0.4) is 0 Å². The maximum absolute atomic E-state index is 13.3. The van der Waals surface area contributed by atoms with Crippen LogP contribution in [0.1, 0.15) is 46.6 Å². The molecule has 0 bridgehead atoms. The molecule has 5 rings (SSSR count). The third kappa shape index (κ3) is 3.32. The molecule has 31 heavy (non-hydrogen) atoms. The minimum absolute atomic E-state index is 0.169. The number of nitrogens with zero attached hydrogens (tertiary/aromatic N) is 5. The molecular formula is C22H25N5O3S. The fraction of sp³-hybridized carbons (Fsp3) is 0.409. The van der Waals surface area contributed by atoms with E-state index in [1.165, 1.54) is 0 Å². The number of amides is 1. The molecule has 2 aliphatic rings. The van der Waals surface area contributed by atoms with Gasteiger partial charge in [0.15, 0.2) is 5.65 Å². The van der Waals surface area contributed by atoms with E-state index in [2.05, 4.69) is 10.1 Å². The van der Waals surface area contributed by atoms with Gasteiger partial charge < -0.3 is 4.90 Å². The quantitative estimate of drug-likeness (QED) is 0.626. The highest BCUT2D eigenvalue weighted by Crippen LogP contribution is 2.33. The lowest BCUT2D eigenvalue weighted by atomic mass is 10.2. The van der Waals surface area contributed by atoms with Gasteiger partial charge in [-0.15, -0.1) is 0 Å². The molecule has 1 fully saturated rings. The number of aromatic nitrogens is 3. The van der Waals surface area contributed by atoms with Gasteiger partial charge in [-0.2, -0.15) is 9.40 Å². The Hall–Kier alpha value is -2.78. The summed E-state index contributed by atoms with van der Waals surface area (Å²) in [6.07, 6.45) is 5.06. The van der Waals surface area contributed by atoms with Crippen molar-refractivity contribution >= 4 is 27.3 Å². The van der Waals surface area contributed by atoms with Gasteiger partial charge in [0.1, 0.15) is 5.56 Å². The molecule has 2 aromatic heterocycles. The second-order valence-corrected chi connectivity index (χ2v) is 10.2. The van der Waals surface area contributed by atoms with E-state index in [1.807, 2.05) is 19.9 Å². The number of carbonyl (C=O) groups is 1. The molecule has 9 heteroatoms. The molecule has 2 aliphatic heterocycles. The Morgan fingerprint density at radius 2 is 1.81 bits per heavy atom. The molecule has 0 radical (unpaired) electrons. The lowest BCUT2D eigenvalue weighted by Crippen LogP contribution is -2.35. The van der Waals surface area contributed by atoms with Crippen molar-refractivity contribution < 1.29 is 13.2 Å². The topological polar surface area (TPSA) is 87.9 Å². The molecule has 162 valence electrons. The number of carbonyl (C=O) groups excluding carboxylic acids is 1. The minimum Gasteiger partial charge on any atom is -0.308 e. The van der Waals surface area contributed by atoms with Crippen molar-refractivity contribution in [1.82, 2.24) is 18.9 Å². The van der Waals surface area contributed by atoms with E-state index in [0.29, 0.717) is 42.2 Å². The number of fused-ring (bicyclic) bond motifs is 2. The highest BCUT2D eigenvalue weighted by atomic mass is 32.2. The van der Waals surface area contributed by atoms with Crippen molar-refractivity contribution in [3.05, 3.63) is 53.0 Å². The molecule has 0 spiro atoms. The standard InChI is InChI=1S/C22H25N5O3S/c1-15-12-16(2)27-21(24-15)19(14-23-27)22(28)26-11-8-17-13-18(6-7-20(17)26)31(29,30)25-9-4-3-5-10-25/h6-7,12-14H,3-5,8-11H2,1-2H3. The lowest BCUT2D eigenvalue weighted by Gasteiger charge is -2.26. The van der Waals surface area contributed by atoms with Crippen LogP contribution in [0.5, 0.6) is 0 Å². The van der Waals surface area contributed by atoms with Gasteiger partial charge in [0.25, 0.3) is 5.91 Å². The number of hydrogen-bond donors (Lipinski definition) is 0. The highest BCUT2D eigenvalue weighted by Gasteiger charge is 2.31.